The molecule has 58 valence electrons. The van der Waals surface area contributed by atoms with Gasteiger partial charge in [-0.25, -0.2) is 0 Å². The number of aliphatic carboxylic acids is 1. The minimum atomic E-state index is -0.913. The molecule has 0 aliphatic heterocycles. The van der Waals surface area contributed by atoms with Crippen LogP contribution in [0.25, 0.3) is 0 Å². The number of carbonyl (C=O) groups is 1. The summed E-state index contributed by atoms with van der Waals surface area (Å²) in [6.07, 6.45) is 0.813. The third-order valence-electron chi connectivity index (χ3n) is 1.54. The van der Waals surface area contributed by atoms with Crippen LogP contribution < -0.4 is 5.73 Å². The number of carboxylic acids is 1. The van der Waals surface area contributed by atoms with Gasteiger partial charge >= 0.3 is 29.0 Å². The fraction of sp³-hybridized carbons (Fsp3) is 0.833. The van der Waals surface area contributed by atoms with Gasteiger partial charge in [0.05, 0.1) is 0 Å². The molecule has 0 aliphatic carbocycles. The summed E-state index contributed by atoms with van der Waals surface area (Å²) < 4.78 is 0. The molecule has 3 N–H and O–H groups in total. The Labute approximate surface area is 77.1 Å². The fourth-order valence-corrected chi connectivity index (χ4v) is 0.497. The average molecular weight is 157 g/mol. The third kappa shape index (κ3) is 4.08. The first kappa shape index (κ1) is 12.8. The van der Waals surface area contributed by atoms with Crippen molar-refractivity contribution in [3.8, 4) is 0 Å². The zero-order valence-corrected chi connectivity index (χ0v) is 5.79. The van der Waals surface area contributed by atoms with E-state index < -0.39 is 12.0 Å². The van der Waals surface area contributed by atoms with Crippen molar-refractivity contribution >= 4 is 29.0 Å². The van der Waals surface area contributed by atoms with E-state index in [1.807, 2.05) is 13.8 Å². The predicted molar refractivity (Wildman–Crippen MR) is 43.6 cm³/mol. The highest BCUT2D eigenvalue weighted by Gasteiger charge is 2.17. The molecule has 10 heavy (non-hydrogen) atoms. The van der Waals surface area contributed by atoms with Crippen LogP contribution in [0, 0.1) is 5.92 Å². The van der Waals surface area contributed by atoms with E-state index in [0.717, 1.165) is 6.42 Å². The van der Waals surface area contributed by atoms with Gasteiger partial charge in [0.1, 0.15) is 6.04 Å². The average Bonchev–Trinajstić information content (AvgIpc) is 1.84. The maximum atomic E-state index is 10.2. The van der Waals surface area contributed by atoms with Gasteiger partial charge in [-0.15, -0.1) is 0 Å². The summed E-state index contributed by atoms with van der Waals surface area (Å²) in [7, 11) is 0. The molecule has 2 atom stereocenters. The highest BCUT2D eigenvalue weighted by Crippen LogP contribution is 2.04. The summed E-state index contributed by atoms with van der Waals surface area (Å²) in [6, 6.07) is -0.699. The van der Waals surface area contributed by atoms with E-state index in [-0.39, 0.29) is 29.0 Å². The summed E-state index contributed by atoms with van der Waals surface area (Å²) in [5.41, 5.74) is 5.27. The van der Waals surface area contributed by atoms with Crippen LogP contribution in [-0.4, -0.2) is 40.2 Å². The molecular formula is C6H15MgNO2. The minimum absolute atomic E-state index is 0. The van der Waals surface area contributed by atoms with Gasteiger partial charge in [-0.3, -0.25) is 4.79 Å². The second-order valence-electron chi connectivity index (χ2n) is 2.25. The Bertz CT molecular complexity index is 108. The van der Waals surface area contributed by atoms with E-state index >= 15 is 0 Å². The van der Waals surface area contributed by atoms with Crippen LogP contribution >= 0.6 is 0 Å². The fourth-order valence-electron chi connectivity index (χ4n) is 0.497. The van der Waals surface area contributed by atoms with Crippen LogP contribution in [-0.2, 0) is 4.79 Å². The summed E-state index contributed by atoms with van der Waals surface area (Å²) in [5.74, 6) is -0.841. The second-order valence-corrected chi connectivity index (χ2v) is 2.25. The molecule has 0 saturated heterocycles. The van der Waals surface area contributed by atoms with Gasteiger partial charge in [-0.05, 0) is 5.92 Å². The van der Waals surface area contributed by atoms with Crippen molar-refractivity contribution in [1.82, 2.24) is 0 Å². The SMILES string of the molecule is CC[C@H](C)[C@H](N)C(=O)O.[MgH2]. The number of carboxylic acid groups (broad SMARTS) is 1. The quantitative estimate of drug-likeness (QED) is 0.545. The molecular weight excluding hydrogens is 142 g/mol. The van der Waals surface area contributed by atoms with Crippen molar-refractivity contribution in [3.63, 3.8) is 0 Å². The molecule has 0 saturated carbocycles. The van der Waals surface area contributed by atoms with Crippen LogP contribution in [0.3, 0.4) is 0 Å². The van der Waals surface area contributed by atoms with Crippen molar-refractivity contribution in [2.75, 3.05) is 0 Å². The van der Waals surface area contributed by atoms with Gasteiger partial charge in [0.2, 0.25) is 0 Å². The second kappa shape index (κ2) is 5.94. The monoisotopic (exact) mass is 157 g/mol. The number of rotatable bonds is 3. The Morgan fingerprint density at radius 3 is 2.20 bits per heavy atom. The lowest BCUT2D eigenvalue weighted by molar-refractivity contribution is -0.139. The van der Waals surface area contributed by atoms with Gasteiger partial charge in [0.25, 0.3) is 0 Å². The molecule has 0 rings (SSSR count). The predicted octanol–water partition coefficient (Wildman–Crippen LogP) is -0.472. The summed E-state index contributed by atoms with van der Waals surface area (Å²) >= 11 is 0. The van der Waals surface area contributed by atoms with Crippen LogP contribution in [0.2, 0.25) is 0 Å². The lowest BCUT2D eigenvalue weighted by Crippen LogP contribution is -2.36. The lowest BCUT2D eigenvalue weighted by Gasteiger charge is -2.11. The van der Waals surface area contributed by atoms with E-state index in [0.29, 0.717) is 0 Å². The third-order valence-corrected chi connectivity index (χ3v) is 1.54. The molecule has 3 nitrogen and oxygen atoms in total. The van der Waals surface area contributed by atoms with E-state index in [2.05, 4.69) is 0 Å². The molecule has 0 bridgehead atoms. The van der Waals surface area contributed by atoms with Crippen molar-refractivity contribution < 1.29 is 9.90 Å². The van der Waals surface area contributed by atoms with Crippen molar-refractivity contribution in [1.29, 1.82) is 0 Å². The lowest BCUT2D eigenvalue weighted by atomic mass is 10.0. The highest BCUT2D eigenvalue weighted by molar-refractivity contribution is 5.75. The normalized spacial score (nSPS) is 15.1. The summed E-state index contributed by atoms with van der Waals surface area (Å²) in [5, 5.41) is 8.36. The van der Waals surface area contributed by atoms with Crippen molar-refractivity contribution in [2.45, 2.75) is 26.3 Å². The van der Waals surface area contributed by atoms with Crippen LogP contribution in [0.4, 0.5) is 0 Å². The van der Waals surface area contributed by atoms with E-state index in [4.69, 9.17) is 10.8 Å². The first-order valence-corrected chi connectivity index (χ1v) is 3.08. The first-order chi connectivity index (χ1) is 4.09. The van der Waals surface area contributed by atoms with Crippen LogP contribution in [0.15, 0.2) is 0 Å². The Morgan fingerprint density at radius 2 is 2.10 bits per heavy atom. The largest absolute Gasteiger partial charge is 0.480 e. The molecule has 0 radical (unpaired) electrons. The molecule has 0 spiro atoms. The zero-order valence-electron chi connectivity index (χ0n) is 5.79. The molecule has 0 fully saturated rings. The van der Waals surface area contributed by atoms with Gasteiger partial charge in [0.15, 0.2) is 0 Å². The minimum Gasteiger partial charge on any atom is -0.480 e. The number of nitrogens with two attached hydrogens (primary N) is 1. The molecule has 0 unspecified atom stereocenters. The van der Waals surface area contributed by atoms with Crippen molar-refractivity contribution in [3.05, 3.63) is 0 Å². The maximum Gasteiger partial charge on any atom is 0.320 e. The van der Waals surface area contributed by atoms with Gasteiger partial charge in [0, 0.05) is 0 Å². The van der Waals surface area contributed by atoms with Crippen molar-refractivity contribution in [2.24, 2.45) is 11.7 Å². The Morgan fingerprint density at radius 1 is 1.70 bits per heavy atom. The molecule has 0 aromatic rings. The summed E-state index contributed by atoms with van der Waals surface area (Å²) in [4.78, 5) is 10.2. The smallest absolute Gasteiger partial charge is 0.320 e. The Hall–Kier alpha value is 0.196. The molecule has 0 heterocycles. The van der Waals surface area contributed by atoms with E-state index in [1.54, 1.807) is 0 Å². The van der Waals surface area contributed by atoms with Gasteiger partial charge in [-0.2, -0.15) is 0 Å². The molecule has 4 heteroatoms. The molecule has 0 aromatic heterocycles. The van der Waals surface area contributed by atoms with Gasteiger partial charge in [-0.1, -0.05) is 20.3 Å². The topological polar surface area (TPSA) is 63.3 Å². The standard InChI is InChI=1S/C6H13NO2.Mg.2H/c1-3-4(2)5(7)6(8)9;;;/h4-5H,3,7H2,1-2H3,(H,8,9);;;/t4-,5-;;;/m0.../s1. The molecule has 0 aromatic carbocycles. The van der Waals surface area contributed by atoms with Crippen LogP contribution in [0.5, 0.6) is 0 Å². The number of hydrogen-bond donors (Lipinski definition) is 2. The zero-order chi connectivity index (χ0) is 7.44. The van der Waals surface area contributed by atoms with E-state index in [9.17, 15) is 4.79 Å². The first-order valence-electron chi connectivity index (χ1n) is 3.08. The number of hydrogen-bond acceptors (Lipinski definition) is 2. The summed E-state index contributed by atoms with van der Waals surface area (Å²) in [6.45, 7) is 3.76. The highest BCUT2D eigenvalue weighted by atomic mass is 24.3. The Kier molecular flexibility index (Phi) is 7.63. The van der Waals surface area contributed by atoms with E-state index in [1.165, 1.54) is 0 Å². The Balaban J connectivity index is 0. The molecule has 0 amide bonds. The van der Waals surface area contributed by atoms with Gasteiger partial charge < -0.3 is 10.8 Å². The molecule has 0 aliphatic rings. The van der Waals surface area contributed by atoms with Crippen LogP contribution in [0.1, 0.15) is 20.3 Å². The maximum absolute atomic E-state index is 10.2.